The Kier molecular flexibility index (Phi) is 5.64. The topological polar surface area (TPSA) is 58.6 Å². The standard InChI is InChI=1S/C23H24N2O3/c1-5-14-25-22(26)20(17-8-12-19(28-4)13-9-17)21(23(25)27)24-18-10-6-16(7-11-18)15(2)3/h5-13,15,24H,1,14H2,2-4H3. The molecule has 3 rings (SSSR count). The predicted octanol–water partition coefficient (Wildman–Crippen LogP) is 4.20. The van der Waals surface area contributed by atoms with Gasteiger partial charge < -0.3 is 10.1 Å². The van der Waals surface area contributed by atoms with Crippen LogP contribution in [0.15, 0.2) is 66.9 Å². The smallest absolute Gasteiger partial charge is 0.278 e. The molecule has 0 atom stereocenters. The molecule has 0 radical (unpaired) electrons. The third-order valence-electron chi connectivity index (χ3n) is 4.71. The number of rotatable bonds is 7. The normalized spacial score (nSPS) is 14.1. The number of benzene rings is 2. The fraction of sp³-hybridized carbons (Fsp3) is 0.217. The lowest BCUT2D eigenvalue weighted by molar-refractivity contribution is -0.136. The predicted molar refractivity (Wildman–Crippen MR) is 111 cm³/mol. The Morgan fingerprint density at radius 2 is 1.68 bits per heavy atom. The zero-order chi connectivity index (χ0) is 20.3. The summed E-state index contributed by atoms with van der Waals surface area (Å²) in [5, 5.41) is 3.15. The molecule has 144 valence electrons. The number of nitrogens with one attached hydrogen (secondary N) is 1. The minimum absolute atomic E-state index is 0.161. The summed E-state index contributed by atoms with van der Waals surface area (Å²) in [5.41, 5.74) is 3.24. The van der Waals surface area contributed by atoms with Crippen LogP contribution in [0.5, 0.6) is 5.75 Å². The highest BCUT2D eigenvalue weighted by atomic mass is 16.5. The molecule has 0 saturated carbocycles. The molecule has 28 heavy (non-hydrogen) atoms. The van der Waals surface area contributed by atoms with Crippen LogP contribution >= 0.6 is 0 Å². The number of hydrogen-bond donors (Lipinski definition) is 1. The van der Waals surface area contributed by atoms with Gasteiger partial charge in [-0.3, -0.25) is 14.5 Å². The van der Waals surface area contributed by atoms with Crippen LogP contribution in [0.25, 0.3) is 5.57 Å². The summed E-state index contributed by atoms with van der Waals surface area (Å²) in [6, 6.07) is 15.0. The Morgan fingerprint density at radius 1 is 1.04 bits per heavy atom. The second kappa shape index (κ2) is 8.13. The van der Waals surface area contributed by atoms with E-state index in [4.69, 9.17) is 4.74 Å². The quantitative estimate of drug-likeness (QED) is 0.581. The van der Waals surface area contributed by atoms with Gasteiger partial charge in [-0.05, 0) is 41.3 Å². The van der Waals surface area contributed by atoms with Crippen LogP contribution in [0.2, 0.25) is 0 Å². The Labute approximate surface area is 165 Å². The van der Waals surface area contributed by atoms with Crippen LogP contribution in [-0.2, 0) is 9.59 Å². The van der Waals surface area contributed by atoms with Crippen molar-refractivity contribution in [1.29, 1.82) is 0 Å². The van der Waals surface area contributed by atoms with Gasteiger partial charge in [0.05, 0.1) is 12.7 Å². The van der Waals surface area contributed by atoms with Crippen molar-refractivity contribution in [3.05, 3.63) is 78.0 Å². The van der Waals surface area contributed by atoms with E-state index < -0.39 is 0 Å². The Hall–Kier alpha value is -3.34. The van der Waals surface area contributed by atoms with E-state index in [2.05, 4.69) is 25.7 Å². The number of amides is 2. The van der Waals surface area contributed by atoms with Gasteiger partial charge in [-0.2, -0.15) is 0 Å². The number of carbonyl (C=O) groups is 2. The molecule has 0 saturated heterocycles. The maximum Gasteiger partial charge on any atom is 0.278 e. The molecule has 5 nitrogen and oxygen atoms in total. The van der Waals surface area contributed by atoms with Crippen molar-refractivity contribution in [3.8, 4) is 5.75 Å². The zero-order valence-corrected chi connectivity index (χ0v) is 16.4. The summed E-state index contributed by atoms with van der Waals surface area (Å²) in [6.45, 7) is 8.06. The molecule has 1 aliphatic rings. The average molecular weight is 376 g/mol. The van der Waals surface area contributed by atoms with Crippen molar-refractivity contribution in [3.63, 3.8) is 0 Å². The van der Waals surface area contributed by atoms with Gasteiger partial charge in [0.1, 0.15) is 11.4 Å². The highest BCUT2D eigenvalue weighted by Gasteiger charge is 2.38. The van der Waals surface area contributed by atoms with Gasteiger partial charge in [-0.15, -0.1) is 6.58 Å². The first-order valence-electron chi connectivity index (χ1n) is 9.19. The molecule has 0 aliphatic carbocycles. The molecule has 2 amide bonds. The van der Waals surface area contributed by atoms with E-state index in [1.54, 1.807) is 37.5 Å². The van der Waals surface area contributed by atoms with Crippen LogP contribution in [0.1, 0.15) is 30.9 Å². The third kappa shape index (κ3) is 3.69. The third-order valence-corrected chi connectivity index (χ3v) is 4.71. The molecule has 1 heterocycles. The SMILES string of the molecule is C=CCN1C(=O)C(Nc2ccc(C(C)C)cc2)=C(c2ccc(OC)cc2)C1=O. The number of anilines is 1. The van der Waals surface area contributed by atoms with Crippen molar-refractivity contribution in [2.24, 2.45) is 0 Å². The fourth-order valence-electron chi connectivity index (χ4n) is 3.11. The molecule has 0 aromatic heterocycles. The first-order chi connectivity index (χ1) is 13.5. The molecular weight excluding hydrogens is 352 g/mol. The van der Waals surface area contributed by atoms with Gasteiger partial charge >= 0.3 is 0 Å². The van der Waals surface area contributed by atoms with Crippen molar-refractivity contribution in [2.75, 3.05) is 19.0 Å². The molecule has 5 heteroatoms. The van der Waals surface area contributed by atoms with Crippen molar-refractivity contribution < 1.29 is 14.3 Å². The lowest BCUT2D eigenvalue weighted by Crippen LogP contribution is -2.32. The Balaban J connectivity index is 2.01. The van der Waals surface area contributed by atoms with E-state index in [1.165, 1.54) is 10.5 Å². The molecule has 0 unspecified atom stereocenters. The first kappa shape index (κ1) is 19.4. The molecule has 0 fully saturated rings. The fourth-order valence-corrected chi connectivity index (χ4v) is 3.11. The highest BCUT2D eigenvalue weighted by molar-refractivity contribution is 6.36. The van der Waals surface area contributed by atoms with Crippen molar-refractivity contribution in [2.45, 2.75) is 19.8 Å². The Bertz CT molecular complexity index is 925. The Morgan fingerprint density at radius 3 is 2.21 bits per heavy atom. The number of methoxy groups -OCH3 is 1. The largest absolute Gasteiger partial charge is 0.497 e. The van der Waals surface area contributed by atoms with Crippen molar-refractivity contribution >= 4 is 23.1 Å². The van der Waals surface area contributed by atoms with Crippen LogP contribution in [0.3, 0.4) is 0 Å². The number of hydrogen-bond acceptors (Lipinski definition) is 4. The molecular formula is C23H24N2O3. The molecule has 1 N–H and O–H groups in total. The molecule has 2 aromatic rings. The highest BCUT2D eigenvalue weighted by Crippen LogP contribution is 2.31. The van der Waals surface area contributed by atoms with Crippen LogP contribution in [-0.4, -0.2) is 30.4 Å². The molecule has 0 bridgehead atoms. The molecule has 2 aromatic carbocycles. The van der Waals surface area contributed by atoms with Gasteiger partial charge in [0.15, 0.2) is 0 Å². The maximum absolute atomic E-state index is 12.9. The number of ether oxygens (including phenoxy) is 1. The summed E-state index contributed by atoms with van der Waals surface area (Å²) in [6.07, 6.45) is 1.54. The first-order valence-corrected chi connectivity index (χ1v) is 9.19. The summed E-state index contributed by atoms with van der Waals surface area (Å²) < 4.78 is 5.19. The number of carbonyl (C=O) groups excluding carboxylic acids is 2. The maximum atomic E-state index is 12.9. The van der Waals surface area contributed by atoms with Crippen LogP contribution in [0, 0.1) is 0 Å². The van der Waals surface area contributed by atoms with E-state index in [0.29, 0.717) is 22.8 Å². The monoisotopic (exact) mass is 376 g/mol. The zero-order valence-electron chi connectivity index (χ0n) is 16.4. The number of nitrogens with zero attached hydrogens (tertiary/aromatic N) is 1. The minimum atomic E-state index is -0.358. The summed E-state index contributed by atoms with van der Waals surface area (Å²) in [4.78, 5) is 27.0. The van der Waals surface area contributed by atoms with E-state index in [1.807, 2.05) is 24.3 Å². The van der Waals surface area contributed by atoms with Gasteiger partial charge in [-0.25, -0.2) is 0 Å². The van der Waals surface area contributed by atoms with E-state index in [9.17, 15) is 9.59 Å². The lowest BCUT2D eigenvalue weighted by Gasteiger charge is -2.13. The van der Waals surface area contributed by atoms with E-state index in [-0.39, 0.29) is 24.1 Å². The van der Waals surface area contributed by atoms with Crippen molar-refractivity contribution in [1.82, 2.24) is 4.90 Å². The molecule has 1 aliphatic heterocycles. The number of imide groups is 1. The second-order valence-corrected chi connectivity index (χ2v) is 6.89. The summed E-state index contributed by atoms with van der Waals surface area (Å²) in [5.74, 6) is 0.406. The minimum Gasteiger partial charge on any atom is -0.497 e. The van der Waals surface area contributed by atoms with Gasteiger partial charge in [0.25, 0.3) is 11.8 Å². The van der Waals surface area contributed by atoms with Gasteiger partial charge in [-0.1, -0.05) is 44.2 Å². The second-order valence-electron chi connectivity index (χ2n) is 6.89. The van der Waals surface area contributed by atoms with E-state index >= 15 is 0 Å². The summed E-state index contributed by atoms with van der Waals surface area (Å²) >= 11 is 0. The van der Waals surface area contributed by atoms with Gasteiger partial charge in [0, 0.05) is 12.2 Å². The van der Waals surface area contributed by atoms with Crippen LogP contribution < -0.4 is 10.1 Å². The lowest BCUT2D eigenvalue weighted by atomic mass is 10.0. The van der Waals surface area contributed by atoms with Crippen LogP contribution in [0.4, 0.5) is 5.69 Å². The van der Waals surface area contributed by atoms with E-state index in [0.717, 1.165) is 5.69 Å². The van der Waals surface area contributed by atoms with Gasteiger partial charge in [0.2, 0.25) is 0 Å². The average Bonchev–Trinajstić information content (AvgIpc) is 2.93. The molecule has 0 spiro atoms. The summed E-state index contributed by atoms with van der Waals surface area (Å²) in [7, 11) is 1.58.